The first kappa shape index (κ1) is 25.8. The van der Waals surface area contributed by atoms with E-state index in [0.717, 1.165) is 22.1 Å². The molecule has 1 amide bonds. The highest BCUT2D eigenvalue weighted by Gasteiger charge is 2.46. The van der Waals surface area contributed by atoms with Crippen LogP contribution in [-0.2, 0) is 39.4 Å². The van der Waals surface area contributed by atoms with Gasteiger partial charge in [0.05, 0.1) is 35.1 Å². The monoisotopic (exact) mass is 553 g/mol. The van der Waals surface area contributed by atoms with Gasteiger partial charge in [-0.3, -0.25) is 4.79 Å². The van der Waals surface area contributed by atoms with Gasteiger partial charge in [-0.25, -0.2) is 19.0 Å². The van der Waals surface area contributed by atoms with Gasteiger partial charge < -0.3 is 24.5 Å². The van der Waals surface area contributed by atoms with Crippen molar-refractivity contribution in [3.8, 4) is 11.4 Å². The summed E-state index contributed by atoms with van der Waals surface area (Å²) in [7, 11) is 0. The topological polar surface area (TPSA) is 120 Å². The average molecular weight is 554 g/mol. The molecule has 0 spiro atoms. The molecule has 0 saturated carbocycles. The van der Waals surface area contributed by atoms with Crippen LogP contribution in [0.2, 0.25) is 0 Å². The Bertz CT molecular complexity index is 1640. The number of ether oxygens (including phenoxy) is 2. The molecule has 0 radical (unpaired) electrons. The summed E-state index contributed by atoms with van der Waals surface area (Å²) in [6.07, 6.45) is 2.50. The molecule has 4 heterocycles. The van der Waals surface area contributed by atoms with Crippen LogP contribution in [0.5, 0.6) is 0 Å². The Morgan fingerprint density at radius 3 is 2.87 bits per heavy atom. The van der Waals surface area contributed by atoms with E-state index in [1.54, 1.807) is 36.2 Å². The van der Waals surface area contributed by atoms with Gasteiger partial charge >= 0.3 is 12.1 Å². The van der Waals surface area contributed by atoms with Crippen LogP contribution in [-0.4, -0.2) is 45.3 Å². The van der Waals surface area contributed by atoms with Crippen LogP contribution in [0, 0.1) is 12.7 Å². The van der Waals surface area contributed by atoms with E-state index >= 15 is 0 Å². The Kier molecular flexibility index (Phi) is 6.18. The second-order valence-corrected chi connectivity index (χ2v) is 11.2. The molecule has 39 heavy (non-hydrogen) atoms. The second-order valence-electron chi connectivity index (χ2n) is 10.2. The maximum atomic E-state index is 15.0. The number of cyclic esters (lactones) is 1. The van der Waals surface area contributed by atoms with Gasteiger partial charge in [-0.2, -0.15) is 11.8 Å². The predicted molar refractivity (Wildman–Crippen MR) is 143 cm³/mol. The van der Waals surface area contributed by atoms with Crippen molar-refractivity contribution in [1.29, 1.82) is 0 Å². The molecule has 3 aliphatic rings. The van der Waals surface area contributed by atoms with Gasteiger partial charge in [0.15, 0.2) is 5.60 Å². The zero-order valence-electron chi connectivity index (χ0n) is 21.9. The minimum Gasteiger partial charge on any atom is -0.458 e. The maximum absolute atomic E-state index is 15.0. The summed E-state index contributed by atoms with van der Waals surface area (Å²) in [6.45, 7) is 3.61. The highest BCUT2D eigenvalue weighted by atomic mass is 32.2. The number of nitrogens with zero attached hydrogens (tertiary/aromatic N) is 2. The SMILES string of the molecule is CC[C@@]1(O)C(=O)OCc2c1cc1n(c2=O)Cc2c-1nc1cc(F)c(C)c3c1c2[C@@H](NC(=O)OCCSC)CC3. The third kappa shape index (κ3) is 3.77. The van der Waals surface area contributed by atoms with E-state index in [1.807, 2.05) is 6.26 Å². The molecule has 2 atom stereocenters. The van der Waals surface area contributed by atoms with Crippen molar-refractivity contribution in [3.05, 3.63) is 61.7 Å². The van der Waals surface area contributed by atoms with Crippen LogP contribution in [0.25, 0.3) is 22.3 Å². The number of aryl methyl sites for hydroxylation is 1. The highest BCUT2D eigenvalue weighted by Crippen LogP contribution is 2.45. The van der Waals surface area contributed by atoms with E-state index in [-0.39, 0.29) is 48.7 Å². The molecule has 2 aliphatic heterocycles. The first-order valence-corrected chi connectivity index (χ1v) is 14.3. The number of hydrogen-bond acceptors (Lipinski definition) is 8. The fourth-order valence-electron chi connectivity index (χ4n) is 6.10. The molecule has 6 rings (SSSR count). The first-order chi connectivity index (χ1) is 18.7. The van der Waals surface area contributed by atoms with Crippen LogP contribution in [0.1, 0.15) is 59.2 Å². The number of benzene rings is 1. The number of aliphatic hydroxyl groups is 1. The third-order valence-electron chi connectivity index (χ3n) is 8.19. The minimum atomic E-state index is -1.95. The molecule has 2 aromatic heterocycles. The zero-order valence-corrected chi connectivity index (χ0v) is 22.7. The average Bonchev–Trinajstić information content (AvgIpc) is 3.29. The maximum Gasteiger partial charge on any atom is 0.407 e. The lowest BCUT2D eigenvalue weighted by atomic mass is 9.81. The van der Waals surface area contributed by atoms with Crippen molar-refractivity contribution < 1.29 is 28.6 Å². The van der Waals surface area contributed by atoms with E-state index in [2.05, 4.69) is 5.32 Å². The van der Waals surface area contributed by atoms with Gasteiger partial charge in [0, 0.05) is 28.3 Å². The number of amides is 1. The first-order valence-electron chi connectivity index (χ1n) is 12.9. The lowest BCUT2D eigenvalue weighted by Gasteiger charge is -2.31. The van der Waals surface area contributed by atoms with E-state index in [1.165, 1.54) is 6.07 Å². The number of thioether (sulfide) groups is 1. The molecule has 0 fully saturated rings. The third-order valence-corrected chi connectivity index (χ3v) is 8.77. The van der Waals surface area contributed by atoms with E-state index in [0.29, 0.717) is 41.1 Å². The number of halogens is 1. The molecule has 9 nitrogen and oxygen atoms in total. The smallest absolute Gasteiger partial charge is 0.407 e. The molecule has 1 aromatic carbocycles. The van der Waals surface area contributed by atoms with Gasteiger partial charge in [0.2, 0.25) is 0 Å². The van der Waals surface area contributed by atoms with Crippen molar-refractivity contribution in [2.75, 3.05) is 18.6 Å². The van der Waals surface area contributed by atoms with Crippen molar-refractivity contribution >= 4 is 34.7 Å². The number of aromatic nitrogens is 2. The molecular weight excluding hydrogens is 525 g/mol. The van der Waals surface area contributed by atoms with Crippen LogP contribution >= 0.6 is 11.8 Å². The minimum absolute atomic E-state index is 0.0312. The normalized spacial score (nSPS) is 20.7. The van der Waals surface area contributed by atoms with Crippen molar-refractivity contribution in [2.24, 2.45) is 0 Å². The molecule has 2 N–H and O–H groups in total. The highest BCUT2D eigenvalue weighted by molar-refractivity contribution is 7.98. The summed E-state index contributed by atoms with van der Waals surface area (Å²) in [5, 5.41) is 14.9. The van der Waals surface area contributed by atoms with Crippen LogP contribution in [0.4, 0.5) is 9.18 Å². The summed E-state index contributed by atoms with van der Waals surface area (Å²) in [5.74, 6) is -0.496. The lowest BCUT2D eigenvalue weighted by Crippen LogP contribution is -2.44. The van der Waals surface area contributed by atoms with Gasteiger partial charge in [-0.1, -0.05) is 6.92 Å². The zero-order chi connectivity index (χ0) is 27.6. The van der Waals surface area contributed by atoms with Crippen molar-refractivity contribution in [1.82, 2.24) is 14.9 Å². The van der Waals surface area contributed by atoms with E-state index < -0.39 is 23.7 Å². The number of alkyl carbamates (subject to hydrolysis) is 1. The van der Waals surface area contributed by atoms with Crippen molar-refractivity contribution in [2.45, 2.75) is 57.9 Å². The number of fused-ring (bicyclic) bond motifs is 5. The summed E-state index contributed by atoms with van der Waals surface area (Å²) in [6, 6.07) is 2.59. The summed E-state index contributed by atoms with van der Waals surface area (Å²) >= 11 is 1.57. The largest absolute Gasteiger partial charge is 0.458 e. The second kappa shape index (κ2) is 9.34. The number of rotatable bonds is 5. The molecule has 0 saturated heterocycles. The van der Waals surface area contributed by atoms with Crippen LogP contribution < -0.4 is 10.9 Å². The fraction of sp³-hybridized carbons (Fsp3) is 0.429. The summed E-state index contributed by atoms with van der Waals surface area (Å²) in [5.41, 5.74) is 2.35. The van der Waals surface area contributed by atoms with Gasteiger partial charge in [-0.15, -0.1) is 0 Å². The Balaban J connectivity index is 1.56. The molecular formula is C28H28FN3O6S. The number of nitrogens with one attached hydrogen (secondary N) is 1. The van der Waals surface area contributed by atoms with E-state index in [9.17, 15) is 23.9 Å². The Hall–Kier alpha value is -3.44. The summed E-state index contributed by atoms with van der Waals surface area (Å²) in [4.78, 5) is 43.6. The molecule has 11 heteroatoms. The number of esters is 1. The van der Waals surface area contributed by atoms with Crippen LogP contribution in [0.15, 0.2) is 16.9 Å². The van der Waals surface area contributed by atoms with Gasteiger partial charge in [0.25, 0.3) is 5.56 Å². The quantitative estimate of drug-likeness (QED) is 0.284. The van der Waals surface area contributed by atoms with Crippen LogP contribution in [0.3, 0.4) is 0 Å². The molecule has 0 unspecified atom stereocenters. The molecule has 204 valence electrons. The Morgan fingerprint density at radius 1 is 1.33 bits per heavy atom. The molecule has 1 aliphatic carbocycles. The number of carbonyl (C=O) groups excluding carboxylic acids is 2. The number of pyridine rings is 2. The van der Waals surface area contributed by atoms with Gasteiger partial charge in [-0.05, 0) is 55.2 Å². The fourth-order valence-corrected chi connectivity index (χ4v) is 6.35. The Morgan fingerprint density at radius 2 is 2.13 bits per heavy atom. The van der Waals surface area contributed by atoms with Gasteiger partial charge in [0.1, 0.15) is 19.0 Å². The molecule has 3 aromatic rings. The number of carbonyl (C=O) groups is 2. The van der Waals surface area contributed by atoms with E-state index in [4.69, 9.17) is 14.5 Å². The molecule has 0 bridgehead atoms. The lowest BCUT2D eigenvalue weighted by molar-refractivity contribution is -0.172. The predicted octanol–water partition coefficient (Wildman–Crippen LogP) is 3.60. The Labute approximate surface area is 227 Å². The van der Waals surface area contributed by atoms with Crippen molar-refractivity contribution in [3.63, 3.8) is 0 Å². The standard InChI is InChI=1S/C28H28FN3O6S/c1-4-28(36)17-9-21-24-15(11-32(21)25(33)16(17)12-38-26(28)34)23-19(31-27(35)37-7-8-39-3)6-5-14-13(2)18(29)10-20(30-24)22(14)23/h9-10,19,36H,4-8,11-12H2,1-3H3,(H,31,35)/t19-,28-/m0/s1. The number of hydrogen-bond donors (Lipinski definition) is 2. The summed E-state index contributed by atoms with van der Waals surface area (Å²) < 4.78 is 27.1.